The number of hydrogen-bond acceptors (Lipinski definition) is 4. The number of nitrogens with zero attached hydrogens (tertiary/aromatic N) is 1. The third kappa shape index (κ3) is 6.65. The topological polar surface area (TPSA) is 80.3 Å². The van der Waals surface area contributed by atoms with E-state index in [0.717, 1.165) is 25.7 Å². The predicted molar refractivity (Wildman–Crippen MR) is 102 cm³/mol. The van der Waals surface area contributed by atoms with E-state index in [1.54, 1.807) is 0 Å². The monoisotopic (exact) mass is 401 g/mol. The van der Waals surface area contributed by atoms with Crippen molar-refractivity contribution in [1.29, 1.82) is 0 Å². The van der Waals surface area contributed by atoms with Crippen molar-refractivity contribution in [3.63, 3.8) is 0 Å². The molecule has 1 aliphatic rings. The van der Waals surface area contributed by atoms with Crippen molar-refractivity contribution in [2.45, 2.75) is 58.1 Å². The highest BCUT2D eigenvalue weighted by molar-refractivity contribution is 6.34. The first kappa shape index (κ1) is 20.8. The van der Waals surface area contributed by atoms with E-state index in [2.05, 4.69) is 15.6 Å². The fourth-order valence-electron chi connectivity index (χ4n) is 2.90. The highest BCUT2D eigenvalue weighted by Crippen LogP contribution is 2.24. The normalized spacial score (nSPS) is 20.3. The van der Waals surface area contributed by atoms with E-state index < -0.39 is 5.60 Å². The van der Waals surface area contributed by atoms with Gasteiger partial charge < -0.3 is 15.4 Å². The van der Waals surface area contributed by atoms with Gasteiger partial charge in [0.15, 0.2) is 0 Å². The molecule has 1 heterocycles. The summed E-state index contributed by atoms with van der Waals surface area (Å²) in [6.07, 6.45) is 4.58. The van der Waals surface area contributed by atoms with Gasteiger partial charge in [-0.1, -0.05) is 23.2 Å². The van der Waals surface area contributed by atoms with Crippen molar-refractivity contribution in [1.82, 2.24) is 15.6 Å². The number of pyridine rings is 1. The van der Waals surface area contributed by atoms with Crippen LogP contribution in [0, 0.1) is 5.92 Å². The number of halogens is 2. The molecule has 2 amide bonds. The molecule has 0 aromatic carbocycles. The Morgan fingerprint density at radius 1 is 1.23 bits per heavy atom. The Balaban J connectivity index is 1.74. The molecule has 1 aliphatic carbocycles. The lowest BCUT2D eigenvalue weighted by Gasteiger charge is -2.30. The SMILES string of the molecule is CC(C)(C)OC(=O)NC1CCC(CNC(=O)c2cc(Cl)cnc2Cl)CC1. The van der Waals surface area contributed by atoms with Crippen LogP contribution in [-0.2, 0) is 4.74 Å². The second-order valence-electron chi connectivity index (χ2n) is 7.57. The van der Waals surface area contributed by atoms with Crippen molar-refractivity contribution >= 4 is 35.2 Å². The van der Waals surface area contributed by atoms with Gasteiger partial charge in [0.2, 0.25) is 0 Å². The highest BCUT2D eigenvalue weighted by atomic mass is 35.5. The Hall–Kier alpha value is -1.53. The summed E-state index contributed by atoms with van der Waals surface area (Å²) in [5, 5.41) is 6.31. The Morgan fingerprint density at radius 3 is 2.50 bits per heavy atom. The smallest absolute Gasteiger partial charge is 0.407 e. The van der Waals surface area contributed by atoms with Gasteiger partial charge in [-0.05, 0) is 58.4 Å². The molecule has 2 rings (SSSR count). The lowest BCUT2D eigenvalue weighted by Crippen LogP contribution is -2.42. The molecule has 26 heavy (non-hydrogen) atoms. The van der Waals surface area contributed by atoms with Crippen molar-refractivity contribution in [2.24, 2.45) is 5.92 Å². The largest absolute Gasteiger partial charge is 0.444 e. The fraction of sp³-hybridized carbons (Fsp3) is 0.611. The van der Waals surface area contributed by atoms with Crippen LogP contribution >= 0.6 is 23.2 Å². The minimum absolute atomic E-state index is 0.114. The summed E-state index contributed by atoms with van der Waals surface area (Å²) in [6, 6.07) is 1.62. The summed E-state index contributed by atoms with van der Waals surface area (Å²) in [4.78, 5) is 27.9. The van der Waals surface area contributed by atoms with E-state index >= 15 is 0 Å². The van der Waals surface area contributed by atoms with Crippen molar-refractivity contribution in [3.8, 4) is 0 Å². The summed E-state index contributed by atoms with van der Waals surface area (Å²) in [7, 11) is 0. The fourth-order valence-corrected chi connectivity index (χ4v) is 3.25. The molecule has 0 radical (unpaired) electrons. The zero-order valence-corrected chi connectivity index (χ0v) is 16.8. The van der Waals surface area contributed by atoms with E-state index in [1.807, 2.05) is 20.8 Å². The first-order chi connectivity index (χ1) is 12.1. The predicted octanol–water partition coefficient (Wildman–Crippen LogP) is 4.20. The molecule has 1 aromatic rings. The van der Waals surface area contributed by atoms with Gasteiger partial charge in [-0.3, -0.25) is 4.79 Å². The zero-order chi connectivity index (χ0) is 19.3. The third-order valence-corrected chi connectivity index (χ3v) is 4.68. The molecule has 2 N–H and O–H groups in total. The van der Waals surface area contributed by atoms with Crippen LogP contribution < -0.4 is 10.6 Å². The summed E-state index contributed by atoms with van der Waals surface area (Å²) in [5.41, 5.74) is -0.221. The zero-order valence-electron chi connectivity index (χ0n) is 15.3. The van der Waals surface area contributed by atoms with E-state index in [4.69, 9.17) is 27.9 Å². The lowest BCUT2D eigenvalue weighted by atomic mass is 9.86. The molecular weight excluding hydrogens is 377 g/mol. The number of ether oxygens (including phenoxy) is 1. The molecule has 1 fully saturated rings. The third-order valence-electron chi connectivity index (χ3n) is 4.17. The van der Waals surface area contributed by atoms with Gasteiger partial charge in [-0.25, -0.2) is 9.78 Å². The number of carbonyl (C=O) groups is 2. The van der Waals surface area contributed by atoms with Crippen molar-refractivity contribution in [3.05, 3.63) is 28.0 Å². The first-order valence-corrected chi connectivity index (χ1v) is 9.48. The summed E-state index contributed by atoms with van der Waals surface area (Å²) >= 11 is 11.8. The molecule has 144 valence electrons. The van der Waals surface area contributed by atoms with Crippen LogP contribution in [-0.4, -0.2) is 35.2 Å². The standard InChI is InChI=1S/C18H25Cl2N3O3/c1-18(2,3)26-17(25)23-13-6-4-11(5-7-13)9-22-16(24)14-8-12(19)10-21-15(14)20/h8,10-11,13H,4-7,9H2,1-3H3,(H,22,24)(H,23,25). The maximum atomic E-state index is 12.2. The Kier molecular flexibility index (Phi) is 7.12. The molecule has 0 unspecified atom stereocenters. The van der Waals surface area contributed by atoms with Crippen LogP contribution in [0.5, 0.6) is 0 Å². The number of nitrogens with one attached hydrogen (secondary N) is 2. The number of rotatable bonds is 4. The van der Waals surface area contributed by atoms with Crippen molar-refractivity contribution in [2.75, 3.05) is 6.54 Å². The Labute approximate surface area is 164 Å². The summed E-state index contributed by atoms with van der Waals surface area (Å²) in [6.45, 7) is 6.08. The second kappa shape index (κ2) is 8.91. The maximum Gasteiger partial charge on any atom is 0.407 e. The van der Waals surface area contributed by atoms with Crippen LogP contribution in [0.25, 0.3) is 0 Å². The quantitative estimate of drug-likeness (QED) is 0.740. The molecule has 8 heteroatoms. The Bertz CT molecular complexity index is 654. The molecule has 0 aliphatic heterocycles. The molecule has 6 nitrogen and oxygen atoms in total. The highest BCUT2D eigenvalue weighted by Gasteiger charge is 2.25. The van der Waals surface area contributed by atoms with Gasteiger partial charge in [0, 0.05) is 18.8 Å². The molecule has 0 spiro atoms. The number of alkyl carbamates (subject to hydrolysis) is 1. The average Bonchev–Trinajstić information content (AvgIpc) is 2.54. The molecule has 1 saturated carbocycles. The number of carbonyl (C=O) groups excluding carboxylic acids is 2. The minimum Gasteiger partial charge on any atom is -0.444 e. The number of hydrogen-bond donors (Lipinski definition) is 2. The van der Waals surface area contributed by atoms with E-state index in [1.165, 1.54) is 12.3 Å². The minimum atomic E-state index is -0.498. The maximum absolute atomic E-state index is 12.2. The average molecular weight is 402 g/mol. The van der Waals surface area contributed by atoms with Gasteiger partial charge in [-0.2, -0.15) is 0 Å². The van der Waals surface area contributed by atoms with Gasteiger partial charge in [0.1, 0.15) is 10.8 Å². The first-order valence-electron chi connectivity index (χ1n) is 8.73. The molecule has 1 aromatic heterocycles. The van der Waals surface area contributed by atoms with E-state index in [9.17, 15) is 9.59 Å². The molecular formula is C18H25Cl2N3O3. The van der Waals surface area contributed by atoms with Gasteiger partial charge in [0.05, 0.1) is 10.6 Å². The van der Waals surface area contributed by atoms with Crippen LogP contribution in [0.15, 0.2) is 12.3 Å². The Morgan fingerprint density at radius 2 is 1.88 bits per heavy atom. The lowest BCUT2D eigenvalue weighted by molar-refractivity contribution is 0.0487. The van der Waals surface area contributed by atoms with Crippen LogP contribution in [0.4, 0.5) is 4.79 Å². The van der Waals surface area contributed by atoms with Gasteiger partial charge in [0.25, 0.3) is 5.91 Å². The van der Waals surface area contributed by atoms with E-state index in [0.29, 0.717) is 17.5 Å². The van der Waals surface area contributed by atoms with E-state index in [-0.39, 0.29) is 28.8 Å². The molecule has 0 saturated heterocycles. The summed E-state index contributed by atoms with van der Waals surface area (Å²) in [5.74, 6) is 0.0839. The van der Waals surface area contributed by atoms with Crippen molar-refractivity contribution < 1.29 is 14.3 Å². The number of amides is 2. The van der Waals surface area contributed by atoms with Crippen LogP contribution in [0.2, 0.25) is 10.2 Å². The second-order valence-corrected chi connectivity index (χ2v) is 8.36. The summed E-state index contributed by atoms with van der Waals surface area (Å²) < 4.78 is 5.28. The van der Waals surface area contributed by atoms with Crippen LogP contribution in [0.3, 0.4) is 0 Å². The molecule has 0 atom stereocenters. The van der Waals surface area contributed by atoms with Gasteiger partial charge >= 0.3 is 6.09 Å². The van der Waals surface area contributed by atoms with Gasteiger partial charge in [-0.15, -0.1) is 0 Å². The van der Waals surface area contributed by atoms with Crippen LogP contribution in [0.1, 0.15) is 56.8 Å². The number of aromatic nitrogens is 1. The molecule has 0 bridgehead atoms.